The molecular formula is C15H10ClN3O3. The first-order valence-electron chi connectivity index (χ1n) is 6.18. The second-order valence-corrected chi connectivity index (χ2v) is 4.93. The van der Waals surface area contributed by atoms with Crippen LogP contribution in [0.4, 0.5) is 11.4 Å². The van der Waals surface area contributed by atoms with E-state index in [2.05, 4.69) is 5.32 Å². The monoisotopic (exact) mass is 315 g/mol. The lowest BCUT2D eigenvalue weighted by Gasteiger charge is -2.07. The van der Waals surface area contributed by atoms with E-state index in [1.165, 1.54) is 30.3 Å². The number of hydrogen-bond acceptors (Lipinski definition) is 4. The number of halogens is 1. The second kappa shape index (κ2) is 6.24. The van der Waals surface area contributed by atoms with E-state index >= 15 is 0 Å². The third-order valence-corrected chi connectivity index (χ3v) is 3.32. The van der Waals surface area contributed by atoms with Crippen LogP contribution in [0.1, 0.15) is 21.5 Å². The van der Waals surface area contributed by atoms with Gasteiger partial charge in [-0.3, -0.25) is 14.9 Å². The summed E-state index contributed by atoms with van der Waals surface area (Å²) in [5.74, 6) is -0.418. The third kappa shape index (κ3) is 3.22. The number of rotatable bonds is 3. The molecule has 0 unspecified atom stereocenters. The van der Waals surface area contributed by atoms with Crippen molar-refractivity contribution in [1.29, 1.82) is 5.26 Å². The van der Waals surface area contributed by atoms with Gasteiger partial charge in [0.15, 0.2) is 0 Å². The number of carbonyl (C=O) groups is 1. The molecule has 6 nitrogen and oxygen atoms in total. The highest BCUT2D eigenvalue weighted by Gasteiger charge is 2.14. The van der Waals surface area contributed by atoms with Gasteiger partial charge in [-0.15, -0.1) is 0 Å². The molecule has 1 N–H and O–H groups in total. The molecule has 0 aliphatic heterocycles. The Labute approximate surface area is 131 Å². The minimum atomic E-state index is -0.503. The predicted molar refractivity (Wildman–Crippen MR) is 82.0 cm³/mol. The van der Waals surface area contributed by atoms with E-state index in [1.54, 1.807) is 13.0 Å². The maximum absolute atomic E-state index is 12.1. The van der Waals surface area contributed by atoms with E-state index in [4.69, 9.17) is 16.9 Å². The Kier molecular flexibility index (Phi) is 4.39. The molecule has 0 aromatic heterocycles. The maximum Gasteiger partial charge on any atom is 0.272 e. The molecule has 0 saturated heterocycles. The molecule has 2 aromatic carbocycles. The number of aryl methyl sites for hydroxylation is 1. The molecule has 0 fully saturated rings. The first-order chi connectivity index (χ1) is 10.4. The molecule has 0 spiro atoms. The molecule has 2 rings (SSSR count). The van der Waals surface area contributed by atoms with Crippen molar-refractivity contribution in [2.45, 2.75) is 6.92 Å². The third-order valence-electron chi connectivity index (χ3n) is 3.00. The summed E-state index contributed by atoms with van der Waals surface area (Å²) in [5.41, 5.74) is 1.40. The van der Waals surface area contributed by atoms with Gasteiger partial charge in [0, 0.05) is 22.9 Å². The number of benzene rings is 2. The van der Waals surface area contributed by atoms with Gasteiger partial charge in [0.05, 0.1) is 15.5 Å². The quantitative estimate of drug-likeness (QED) is 0.690. The van der Waals surface area contributed by atoms with E-state index in [0.717, 1.165) is 0 Å². The number of hydrogen-bond donors (Lipinski definition) is 1. The molecule has 7 heteroatoms. The largest absolute Gasteiger partial charge is 0.322 e. The summed E-state index contributed by atoms with van der Waals surface area (Å²) in [6.45, 7) is 1.56. The second-order valence-electron chi connectivity index (χ2n) is 4.52. The molecule has 0 radical (unpaired) electrons. The lowest BCUT2D eigenvalue weighted by Crippen LogP contribution is -2.12. The van der Waals surface area contributed by atoms with Gasteiger partial charge >= 0.3 is 0 Å². The van der Waals surface area contributed by atoms with Gasteiger partial charge in [-0.2, -0.15) is 5.26 Å². The highest BCUT2D eigenvalue weighted by Crippen LogP contribution is 2.22. The number of nitro groups is 1. The first kappa shape index (κ1) is 15.5. The van der Waals surface area contributed by atoms with Crippen LogP contribution in [-0.2, 0) is 0 Å². The van der Waals surface area contributed by atoms with Crippen LogP contribution in [0.2, 0.25) is 5.02 Å². The van der Waals surface area contributed by atoms with E-state index in [0.29, 0.717) is 22.4 Å². The Morgan fingerprint density at radius 1 is 1.32 bits per heavy atom. The van der Waals surface area contributed by atoms with Gasteiger partial charge in [-0.25, -0.2) is 0 Å². The number of nitriles is 1. The van der Waals surface area contributed by atoms with Crippen LogP contribution in [0.25, 0.3) is 0 Å². The van der Waals surface area contributed by atoms with Crippen LogP contribution in [0.3, 0.4) is 0 Å². The maximum atomic E-state index is 12.1. The summed E-state index contributed by atoms with van der Waals surface area (Å²) < 4.78 is 0. The summed E-state index contributed by atoms with van der Waals surface area (Å²) in [6, 6.07) is 10.6. The van der Waals surface area contributed by atoms with E-state index in [9.17, 15) is 14.9 Å². The number of carbonyl (C=O) groups excluding carboxylic acids is 1. The molecule has 0 aliphatic rings. The lowest BCUT2D eigenvalue weighted by molar-refractivity contribution is -0.385. The molecule has 110 valence electrons. The van der Waals surface area contributed by atoms with E-state index in [-0.39, 0.29) is 10.7 Å². The first-order valence-corrected chi connectivity index (χ1v) is 6.56. The lowest BCUT2D eigenvalue weighted by atomic mass is 10.1. The van der Waals surface area contributed by atoms with E-state index in [1.807, 2.05) is 6.07 Å². The van der Waals surface area contributed by atoms with Gasteiger partial charge < -0.3 is 5.32 Å². The Morgan fingerprint density at radius 2 is 2.05 bits per heavy atom. The Balaban J connectivity index is 2.23. The Bertz CT molecular complexity index is 812. The summed E-state index contributed by atoms with van der Waals surface area (Å²) in [5, 5.41) is 22.4. The average Bonchev–Trinajstić information content (AvgIpc) is 2.46. The van der Waals surface area contributed by atoms with Crippen LogP contribution in [0, 0.1) is 28.4 Å². The minimum Gasteiger partial charge on any atom is -0.322 e. The number of anilines is 1. The average molecular weight is 316 g/mol. The minimum absolute atomic E-state index is 0.0435. The smallest absolute Gasteiger partial charge is 0.272 e. The van der Waals surface area contributed by atoms with Crippen LogP contribution in [0.15, 0.2) is 36.4 Å². The van der Waals surface area contributed by atoms with Crippen molar-refractivity contribution in [3.8, 4) is 6.07 Å². The molecule has 0 atom stereocenters. The predicted octanol–water partition coefficient (Wildman–Crippen LogP) is 3.68. The van der Waals surface area contributed by atoms with Crippen molar-refractivity contribution in [3.05, 3.63) is 68.2 Å². The zero-order chi connectivity index (χ0) is 16.3. The van der Waals surface area contributed by atoms with Crippen LogP contribution in [0.5, 0.6) is 0 Å². The zero-order valence-electron chi connectivity index (χ0n) is 11.5. The standard InChI is InChI=1S/C15H10ClN3O3/c1-9-6-10(3-5-14(9)19(21)22)15(20)18-12-4-2-11(8-17)13(16)7-12/h2-7H,1H3,(H,18,20). The topological polar surface area (TPSA) is 96.0 Å². The molecule has 22 heavy (non-hydrogen) atoms. The number of nitrogens with zero attached hydrogens (tertiary/aromatic N) is 2. The van der Waals surface area contributed by atoms with Crippen LogP contribution >= 0.6 is 11.6 Å². The van der Waals surface area contributed by atoms with Crippen molar-refractivity contribution < 1.29 is 9.72 Å². The van der Waals surface area contributed by atoms with Crippen molar-refractivity contribution in [2.75, 3.05) is 5.32 Å². The number of nitro benzene ring substituents is 1. The fraction of sp³-hybridized carbons (Fsp3) is 0.0667. The SMILES string of the molecule is Cc1cc(C(=O)Nc2ccc(C#N)c(Cl)c2)ccc1[N+](=O)[O-]. The summed E-state index contributed by atoms with van der Waals surface area (Å²) in [4.78, 5) is 22.4. The van der Waals surface area contributed by atoms with Crippen LogP contribution < -0.4 is 5.32 Å². The van der Waals surface area contributed by atoms with E-state index < -0.39 is 10.8 Å². The fourth-order valence-corrected chi connectivity index (χ4v) is 2.11. The molecule has 0 saturated carbocycles. The van der Waals surface area contributed by atoms with Gasteiger partial charge in [0.1, 0.15) is 6.07 Å². The van der Waals surface area contributed by atoms with Crippen molar-refractivity contribution >= 4 is 28.9 Å². The highest BCUT2D eigenvalue weighted by molar-refractivity contribution is 6.32. The summed E-state index contributed by atoms with van der Waals surface area (Å²) >= 11 is 5.89. The van der Waals surface area contributed by atoms with Crippen LogP contribution in [-0.4, -0.2) is 10.8 Å². The molecule has 0 aliphatic carbocycles. The molecular weight excluding hydrogens is 306 g/mol. The van der Waals surface area contributed by atoms with Crippen molar-refractivity contribution in [1.82, 2.24) is 0 Å². The molecule has 0 heterocycles. The molecule has 1 amide bonds. The zero-order valence-corrected chi connectivity index (χ0v) is 12.2. The van der Waals surface area contributed by atoms with Gasteiger partial charge in [0.25, 0.3) is 11.6 Å². The number of nitrogens with one attached hydrogen (secondary N) is 1. The summed E-state index contributed by atoms with van der Waals surface area (Å²) in [6.07, 6.45) is 0. The van der Waals surface area contributed by atoms with Crippen molar-refractivity contribution in [3.63, 3.8) is 0 Å². The Morgan fingerprint density at radius 3 is 2.59 bits per heavy atom. The summed E-state index contributed by atoms with van der Waals surface area (Å²) in [7, 11) is 0. The molecule has 2 aromatic rings. The Hall–Kier alpha value is -2.91. The fourth-order valence-electron chi connectivity index (χ4n) is 1.89. The number of amides is 1. The van der Waals surface area contributed by atoms with Gasteiger partial charge in [0.2, 0.25) is 0 Å². The van der Waals surface area contributed by atoms with Crippen molar-refractivity contribution in [2.24, 2.45) is 0 Å². The van der Waals surface area contributed by atoms with Gasteiger partial charge in [-0.05, 0) is 37.3 Å². The van der Waals surface area contributed by atoms with Gasteiger partial charge in [-0.1, -0.05) is 11.6 Å². The normalized spacial score (nSPS) is 9.86. The molecule has 0 bridgehead atoms. The highest BCUT2D eigenvalue weighted by atomic mass is 35.5.